The third-order valence-electron chi connectivity index (χ3n) is 17.8. The summed E-state index contributed by atoms with van der Waals surface area (Å²) in [6.07, 6.45) is 10.9. The van der Waals surface area contributed by atoms with E-state index in [4.69, 9.17) is 18.9 Å². The van der Waals surface area contributed by atoms with Gasteiger partial charge in [0.2, 0.25) is 29.5 Å². The molecule has 6 heterocycles. The van der Waals surface area contributed by atoms with Crippen LogP contribution in [0, 0.1) is 0 Å². The average Bonchev–Trinajstić information content (AvgIpc) is 1.75. The molecular weight excluding hydrogens is 1170 g/mol. The van der Waals surface area contributed by atoms with Crippen LogP contribution in [-0.2, 0) is 72.1 Å². The molecule has 9 aromatic rings. The zero-order valence-electron chi connectivity index (χ0n) is 52.3. The second kappa shape index (κ2) is 31.5. The quantitative estimate of drug-likeness (QED) is 0.0494. The molecule has 4 fully saturated rings. The number of hydrogen-bond donors (Lipinski definition) is 4. The van der Waals surface area contributed by atoms with E-state index < -0.39 is 18.1 Å². The second-order valence-electron chi connectivity index (χ2n) is 24.5. The number of nitrogens with zero attached hydrogens (tertiary/aromatic N) is 4. The number of carboxylic acid groups (broad SMARTS) is 1. The molecule has 4 saturated heterocycles. The van der Waals surface area contributed by atoms with Crippen LogP contribution >= 0.6 is 0 Å². The number of oxazole rings is 2. The molecule has 0 bridgehead atoms. The first kappa shape index (κ1) is 64.8. The predicted molar refractivity (Wildman–Crippen MR) is 357 cm³/mol. The molecule has 0 unspecified atom stereocenters. The summed E-state index contributed by atoms with van der Waals surface area (Å²) in [4.78, 5) is 100. The number of carbonyl (C=O) groups is 7. The molecule has 17 heteroatoms. The minimum atomic E-state index is -0.742. The van der Waals surface area contributed by atoms with Crippen molar-refractivity contribution in [1.29, 1.82) is 0 Å². The van der Waals surface area contributed by atoms with Gasteiger partial charge in [-0.25, -0.2) is 9.97 Å². The monoisotopic (exact) mass is 1250 g/mol. The number of anilines is 1. The molecule has 4 atom stereocenters. The van der Waals surface area contributed by atoms with Gasteiger partial charge in [-0.05, 0) is 178 Å². The van der Waals surface area contributed by atoms with E-state index in [1.165, 1.54) is 0 Å². The van der Waals surface area contributed by atoms with Crippen molar-refractivity contribution in [3.8, 4) is 22.9 Å². The lowest BCUT2D eigenvalue weighted by atomic mass is 10.0. The highest BCUT2D eigenvalue weighted by atomic mass is 16.4. The topological polar surface area (TPSA) is 234 Å². The minimum Gasteiger partial charge on any atom is -0.481 e. The maximum absolute atomic E-state index is 13.4. The molecule has 93 heavy (non-hydrogen) atoms. The number of likely N-dealkylation sites (tertiary alicyclic amines) is 2. The highest BCUT2D eigenvalue weighted by Crippen LogP contribution is 2.30. The third-order valence-corrected chi connectivity index (χ3v) is 17.8. The number of amides is 3. The molecule has 4 aliphatic heterocycles. The minimum absolute atomic E-state index is 0.000440. The number of nitrogens with one attached hydrogen (secondary N) is 3. The zero-order valence-corrected chi connectivity index (χ0v) is 52.3. The van der Waals surface area contributed by atoms with Gasteiger partial charge in [0, 0.05) is 68.4 Å². The van der Waals surface area contributed by atoms with E-state index in [-0.39, 0.29) is 60.0 Å². The summed E-state index contributed by atoms with van der Waals surface area (Å²) in [6, 6.07) is 55.0. The van der Waals surface area contributed by atoms with Crippen molar-refractivity contribution in [3.05, 3.63) is 209 Å². The highest BCUT2D eigenvalue weighted by molar-refractivity contribution is 5.98. The van der Waals surface area contributed by atoms with Crippen LogP contribution < -0.4 is 16.0 Å². The van der Waals surface area contributed by atoms with E-state index in [9.17, 15) is 33.6 Å². The van der Waals surface area contributed by atoms with Gasteiger partial charge < -0.3 is 39.7 Å². The fraction of sp³-hybridized carbons (Fsp3) is 0.329. The summed E-state index contributed by atoms with van der Waals surface area (Å²) in [5.74, 6) is 0.611. The lowest BCUT2D eigenvalue weighted by Crippen LogP contribution is -2.43. The number of aryl methyl sites for hydroxylation is 3. The lowest BCUT2D eigenvalue weighted by Gasteiger charge is -2.24. The molecule has 17 nitrogen and oxygen atoms in total. The van der Waals surface area contributed by atoms with E-state index >= 15 is 0 Å². The molecule has 7 aromatic carbocycles. The number of hydrogen-bond acceptors (Lipinski definition) is 13. The van der Waals surface area contributed by atoms with Crippen molar-refractivity contribution >= 4 is 68.9 Å². The number of aromatic nitrogens is 2. The number of fused-ring (bicyclic) bond motifs is 2. The molecule has 13 rings (SSSR count). The molecule has 0 aliphatic carbocycles. The van der Waals surface area contributed by atoms with Crippen LogP contribution in [0.5, 0.6) is 0 Å². The summed E-state index contributed by atoms with van der Waals surface area (Å²) < 4.78 is 12.0. The Hall–Kier alpha value is -9.71. The molecule has 4 aliphatic rings. The van der Waals surface area contributed by atoms with Crippen LogP contribution in [0.3, 0.4) is 0 Å². The van der Waals surface area contributed by atoms with Crippen LogP contribution in [-0.4, -0.2) is 116 Å². The standard InChI is InChI=1S/C42H42N4O5.C25H27N3O3.C9H10O2/c47-37(35-13-7-25-45(35)39(48)23-16-29-9-3-1-4-10-29)28-31-15-22-38-34(27-31)44-42(51-38)32-18-20-33(21-19-32)43-41(50)36-14-8-26-46(36)40(49)24-17-30-11-5-2-6-12-30;29-22(19-3-1-11-26-19)14-16-5-8-18(9-6-16)25-28-21-13-17(7-10-24(21)31-25)15-23(30)20-4-2-12-27-20;10-9(11)7-6-8-4-2-1-3-5-8/h1-6,9-12,15,18-22,27,35-36H,7-8,13-14,16-17,23-26,28H2,(H,43,50);5-10,13,19-20,26-27H,1-4,11-12,14-15H2;1-5H,6-7H2,(H,10,11)/t35-,36-;19-,20-;/m00./s1. The fourth-order valence-electron chi connectivity index (χ4n) is 12.7. The number of carbonyl (C=O) groups excluding carboxylic acids is 6. The SMILES string of the molecule is O=C(Cc1ccc(-c2nc3cc(CC(=O)[C@@H]4CCCN4)ccc3o2)cc1)[C@@H]1CCCN1.O=C(Cc1ccc2oc(-c3ccc(NC(=O)[C@@H]4CCCN4C(=O)CCc4ccccc4)cc3)nc2c1)[C@@H]1CCCN1C(=O)CCc1ccccc1.O=C(O)CCc1ccccc1. The maximum Gasteiger partial charge on any atom is 0.303 e. The van der Waals surface area contributed by atoms with Gasteiger partial charge >= 0.3 is 5.97 Å². The van der Waals surface area contributed by atoms with E-state index in [2.05, 4.69) is 20.9 Å². The summed E-state index contributed by atoms with van der Waals surface area (Å²) in [7, 11) is 0. The Morgan fingerprint density at radius 1 is 0.452 bits per heavy atom. The number of Topliss-reactive ketones (excluding diaryl/α,β-unsaturated/α-hetero) is 3. The van der Waals surface area contributed by atoms with Gasteiger partial charge in [0.25, 0.3) is 0 Å². The van der Waals surface area contributed by atoms with Gasteiger partial charge in [-0.1, -0.05) is 115 Å². The Morgan fingerprint density at radius 3 is 1.33 bits per heavy atom. The van der Waals surface area contributed by atoms with Gasteiger partial charge in [0.1, 0.15) is 17.1 Å². The van der Waals surface area contributed by atoms with Crippen molar-refractivity contribution < 1.29 is 47.5 Å². The molecule has 0 radical (unpaired) electrons. The lowest BCUT2D eigenvalue weighted by molar-refractivity contribution is -0.137. The van der Waals surface area contributed by atoms with E-state index in [1.807, 2.05) is 164 Å². The van der Waals surface area contributed by atoms with E-state index in [1.54, 1.807) is 21.9 Å². The number of ketones is 3. The Labute approximate surface area is 541 Å². The van der Waals surface area contributed by atoms with Crippen molar-refractivity contribution in [1.82, 2.24) is 30.4 Å². The van der Waals surface area contributed by atoms with Crippen LogP contribution in [0.15, 0.2) is 185 Å². The summed E-state index contributed by atoms with van der Waals surface area (Å²) in [5.41, 5.74) is 11.1. The molecule has 0 spiro atoms. The first-order chi connectivity index (χ1) is 45.3. The molecule has 4 N–H and O–H groups in total. The molecule has 2 aromatic heterocycles. The first-order valence-corrected chi connectivity index (χ1v) is 32.6. The van der Waals surface area contributed by atoms with Gasteiger partial charge in [-0.2, -0.15) is 0 Å². The predicted octanol–water partition coefficient (Wildman–Crippen LogP) is 11.7. The summed E-state index contributed by atoms with van der Waals surface area (Å²) in [5, 5.41) is 17.9. The van der Waals surface area contributed by atoms with Crippen LogP contribution in [0.25, 0.3) is 45.1 Å². The third kappa shape index (κ3) is 17.7. The summed E-state index contributed by atoms with van der Waals surface area (Å²) >= 11 is 0. The summed E-state index contributed by atoms with van der Waals surface area (Å²) in [6.45, 7) is 3.06. The molecule has 0 saturated carbocycles. The van der Waals surface area contributed by atoms with Crippen LogP contribution in [0.2, 0.25) is 0 Å². The van der Waals surface area contributed by atoms with E-state index in [0.29, 0.717) is 105 Å². The van der Waals surface area contributed by atoms with Crippen LogP contribution in [0.1, 0.15) is 104 Å². The van der Waals surface area contributed by atoms with Gasteiger partial charge in [0.15, 0.2) is 28.5 Å². The average molecular weight is 1250 g/mol. The van der Waals surface area contributed by atoms with Crippen molar-refractivity contribution in [2.75, 3.05) is 31.5 Å². The fourth-order valence-corrected chi connectivity index (χ4v) is 12.7. The van der Waals surface area contributed by atoms with Gasteiger partial charge in [-0.15, -0.1) is 0 Å². The smallest absolute Gasteiger partial charge is 0.303 e. The number of carboxylic acids is 1. The molecule has 3 amide bonds. The van der Waals surface area contributed by atoms with Gasteiger partial charge in [-0.3, -0.25) is 33.6 Å². The number of rotatable bonds is 22. The van der Waals surface area contributed by atoms with E-state index in [0.717, 1.165) is 102 Å². The van der Waals surface area contributed by atoms with Crippen LogP contribution in [0.4, 0.5) is 5.69 Å². The zero-order chi connectivity index (χ0) is 64.5. The highest BCUT2D eigenvalue weighted by Gasteiger charge is 2.35. The van der Waals surface area contributed by atoms with Crippen molar-refractivity contribution in [2.45, 2.75) is 133 Å². The second-order valence-corrected chi connectivity index (χ2v) is 24.5. The molecule has 478 valence electrons. The first-order valence-electron chi connectivity index (χ1n) is 32.6. The van der Waals surface area contributed by atoms with Crippen molar-refractivity contribution in [2.24, 2.45) is 0 Å². The Morgan fingerprint density at radius 2 is 0.871 bits per heavy atom. The largest absolute Gasteiger partial charge is 0.481 e. The van der Waals surface area contributed by atoms with Gasteiger partial charge in [0.05, 0.1) is 18.1 Å². The van der Waals surface area contributed by atoms with Crippen molar-refractivity contribution in [3.63, 3.8) is 0 Å². The number of aliphatic carboxylic acids is 1. The maximum atomic E-state index is 13.4. The molecular formula is C76H79N7O10. The Bertz CT molecular complexity index is 4030. The normalized spacial score (nSPS) is 17.5. The Balaban J connectivity index is 0.000000176. The Kier molecular flexibility index (Phi) is 22.0. The number of benzene rings is 7.